The van der Waals surface area contributed by atoms with Crippen LogP contribution in [0.25, 0.3) is 0 Å². The quantitative estimate of drug-likeness (QED) is 0.120. The van der Waals surface area contributed by atoms with Gasteiger partial charge in [-0.15, -0.1) is 0 Å². The van der Waals surface area contributed by atoms with Crippen LogP contribution >= 0.6 is 15.2 Å². The van der Waals surface area contributed by atoms with Crippen molar-refractivity contribution < 1.29 is 38.6 Å². The van der Waals surface area contributed by atoms with Crippen molar-refractivity contribution >= 4 is 21.1 Å². The molecule has 1 amide bonds. The summed E-state index contributed by atoms with van der Waals surface area (Å²) < 4.78 is 21.9. The number of carbonyl (C=O) groups excluding carboxylic acids is 1. The number of nitrogens with two attached hydrogens (primary N) is 1. The lowest BCUT2D eigenvalue weighted by molar-refractivity contribution is -0.121. The molecule has 13 heteroatoms. The highest BCUT2D eigenvalue weighted by molar-refractivity contribution is 7.52. The van der Waals surface area contributed by atoms with Gasteiger partial charge in [0.15, 0.2) is 0 Å². The number of nitrogens with one attached hydrogen (secondary N) is 1. The van der Waals surface area contributed by atoms with E-state index in [1.807, 2.05) is 0 Å². The summed E-state index contributed by atoms with van der Waals surface area (Å²) in [5, 5.41) is 11.3. The van der Waals surface area contributed by atoms with E-state index in [9.17, 15) is 13.9 Å². The summed E-state index contributed by atoms with van der Waals surface area (Å²) >= 11 is 0. The van der Waals surface area contributed by atoms with Crippen LogP contribution in [-0.2, 0) is 13.9 Å². The smallest absolute Gasteiger partial charge is 0.339 e. The SMILES string of the molecule is NC(O)CCCCCNC(=O)CN(CP(=O)(O)O)CP(=O)(O)O. The van der Waals surface area contributed by atoms with Crippen molar-refractivity contribution in [3.8, 4) is 0 Å². The first-order valence-electron chi connectivity index (χ1n) is 6.91. The Morgan fingerprint density at radius 1 is 1.04 bits per heavy atom. The molecule has 0 aliphatic carbocycles. The molecule has 23 heavy (non-hydrogen) atoms. The first kappa shape index (κ1) is 22.6. The molecule has 0 saturated carbocycles. The summed E-state index contributed by atoms with van der Waals surface area (Å²) in [5.74, 6) is -0.592. The number of nitrogens with zero attached hydrogens (tertiary/aromatic N) is 1. The van der Waals surface area contributed by atoms with Gasteiger partial charge in [-0.25, -0.2) is 0 Å². The first-order chi connectivity index (χ1) is 10.4. The van der Waals surface area contributed by atoms with Crippen LogP contribution in [0.5, 0.6) is 0 Å². The first-order valence-corrected chi connectivity index (χ1v) is 10.5. The number of rotatable bonds is 12. The van der Waals surface area contributed by atoms with Gasteiger partial charge in [-0.05, 0) is 19.3 Å². The zero-order valence-electron chi connectivity index (χ0n) is 12.6. The predicted molar refractivity (Wildman–Crippen MR) is 82.2 cm³/mol. The van der Waals surface area contributed by atoms with Crippen molar-refractivity contribution in [3.05, 3.63) is 0 Å². The highest BCUT2D eigenvalue weighted by atomic mass is 31.2. The van der Waals surface area contributed by atoms with Crippen LogP contribution in [0.2, 0.25) is 0 Å². The van der Waals surface area contributed by atoms with Gasteiger partial charge in [0.05, 0.1) is 6.54 Å². The van der Waals surface area contributed by atoms with E-state index in [1.165, 1.54) is 0 Å². The second-order valence-electron chi connectivity index (χ2n) is 5.21. The summed E-state index contributed by atoms with van der Waals surface area (Å²) in [6.07, 6.45) is -0.209. The van der Waals surface area contributed by atoms with Gasteiger partial charge in [0.1, 0.15) is 18.8 Å². The maximum Gasteiger partial charge on any atom is 0.339 e. The van der Waals surface area contributed by atoms with Crippen LogP contribution < -0.4 is 11.1 Å². The lowest BCUT2D eigenvalue weighted by atomic mass is 10.2. The molecule has 0 aliphatic rings. The number of carbonyl (C=O) groups is 1. The summed E-state index contributed by atoms with van der Waals surface area (Å²) in [5.41, 5.74) is 5.16. The molecule has 0 fully saturated rings. The number of hydrogen-bond acceptors (Lipinski definition) is 6. The lowest BCUT2D eigenvalue weighted by Crippen LogP contribution is -2.38. The normalized spacial score (nSPS) is 14.0. The molecule has 0 heterocycles. The third kappa shape index (κ3) is 16.3. The highest BCUT2D eigenvalue weighted by Gasteiger charge is 2.27. The molecule has 0 rings (SSSR count). The Balaban J connectivity index is 4.18. The highest BCUT2D eigenvalue weighted by Crippen LogP contribution is 2.40. The molecule has 1 atom stereocenters. The minimum atomic E-state index is -4.55. The summed E-state index contributed by atoms with van der Waals surface area (Å²) in [6, 6.07) is 0. The number of unbranched alkanes of at least 4 members (excludes halogenated alkanes) is 2. The fourth-order valence-electron chi connectivity index (χ4n) is 1.81. The minimum Gasteiger partial charge on any atom is -0.379 e. The molecule has 0 bridgehead atoms. The van der Waals surface area contributed by atoms with Gasteiger partial charge in [0, 0.05) is 6.54 Å². The fourth-order valence-corrected chi connectivity index (χ4v) is 3.41. The molecule has 0 saturated heterocycles. The average Bonchev–Trinajstić information content (AvgIpc) is 2.28. The summed E-state index contributed by atoms with van der Waals surface area (Å²) in [4.78, 5) is 47.9. The molecule has 0 aromatic carbocycles. The summed E-state index contributed by atoms with van der Waals surface area (Å²) in [7, 11) is -9.09. The van der Waals surface area contributed by atoms with Crippen molar-refractivity contribution in [1.82, 2.24) is 10.2 Å². The van der Waals surface area contributed by atoms with E-state index in [2.05, 4.69) is 5.32 Å². The Hall–Kier alpha value is -0.350. The number of aliphatic hydroxyl groups excluding tert-OH is 1. The van der Waals surface area contributed by atoms with Gasteiger partial charge in [-0.1, -0.05) is 6.42 Å². The van der Waals surface area contributed by atoms with E-state index in [0.717, 1.165) is 11.3 Å². The van der Waals surface area contributed by atoms with Crippen molar-refractivity contribution in [1.29, 1.82) is 0 Å². The van der Waals surface area contributed by atoms with Gasteiger partial charge in [-0.3, -0.25) is 18.8 Å². The van der Waals surface area contributed by atoms with E-state index in [4.69, 9.17) is 30.4 Å². The van der Waals surface area contributed by atoms with Crippen molar-refractivity contribution in [3.63, 3.8) is 0 Å². The molecule has 8 N–H and O–H groups in total. The number of hydrogen-bond donors (Lipinski definition) is 7. The molecular formula is C10H25N3O8P2. The maximum absolute atomic E-state index is 11.6. The topological polar surface area (TPSA) is 194 Å². The Labute approximate surface area is 134 Å². The molecule has 0 aliphatic heterocycles. The fraction of sp³-hybridized carbons (Fsp3) is 0.900. The van der Waals surface area contributed by atoms with Gasteiger partial charge < -0.3 is 35.7 Å². The van der Waals surface area contributed by atoms with E-state index < -0.39 is 46.4 Å². The Morgan fingerprint density at radius 2 is 1.57 bits per heavy atom. The maximum atomic E-state index is 11.6. The van der Waals surface area contributed by atoms with Gasteiger partial charge in [0.25, 0.3) is 0 Å². The third-order valence-corrected chi connectivity index (χ3v) is 4.17. The van der Waals surface area contributed by atoms with Crippen molar-refractivity contribution in [2.75, 3.05) is 25.7 Å². The van der Waals surface area contributed by atoms with E-state index in [0.29, 0.717) is 25.8 Å². The Kier molecular flexibility index (Phi) is 10.3. The number of amides is 1. The molecule has 0 aromatic rings. The second-order valence-corrected chi connectivity index (χ2v) is 8.43. The van der Waals surface area contributed by atoms with Gasteiger partial charge >= 0.3 is 15.2 Å². The minimum absolute atomic E-state index is 0.305. The Bertz CT molecular complexity index is 425. The van der Waals surface area contributed by atoms with Crippen LogP contribution in [0, 0.1) is 0 Å². The standard InChI is InChI=1S/C10H25N3O8P2/c11-9(14)4-2-1-3-5-12-10(15)6-13(7-22(16,17)18)8-23(19,20)21/h9,14H,1-8,11H2,(H,12,15)(H2,16,17,18)(H2,19,20,21). The molecular weight excluding hydrogens is 352 g/mol. The molecule has 1 unspecified atom stereocenters. The summed E-state index contributed by atoms with van der Waals surface area (Å²) in [6.45, 7) is -0.225. The van der Waals surface area contributed by atoms with E-state index in [-0.39, 0.29) is 0 Å². The molecule has 0 spiro atoms. The van der Waals surface area contributed by atoms with Crippen LogP contribution in [-0.4, -0.2) is 67.4 Å². The second kappa shape index (κ2) is 10.5. The zero-order chi connectivity index (χ0) is 18.1. The molecule has 138 valence electrons. The van der Waals surface area contributed by atoms with Crippen LogP contribution in [0.3, 0.4) is 0 Å². The van der Waals surface area contributed by atoms with Gasteiger partial charge in [0.2, 0.25) is 5.91 Å². The van der Waals surface area contributed by atoms with Crippen LogP contribution in [0.15, 0.2) is 0 Å². The van der Waals surface area contributed by atoms with E-state index >= 15 is 0 Å². The predicted octanol–water partition coefficient (Wildman–Crippen LogP) is -1.49. The number of aliphatic hydroxyl groups is 1. The molecule has 0 radical (unpaired) electrons. The molecule has 11 nitrogen and oxygen atoms in total. The van der Waals surface area contributed by atoms with Crippen molar-refractivity contribution in [2.45, 2.75) is 31.9 Å². The largest absolute Gasteiger partial charge is 0.379 e. The van der Waals surface area contributed by atoms with Crippen molar-refractivity contribution in [2.24, 2.45) is 5.73 Å². The van der Waals surface area contributed by atoms with E-state index in [1.54, 1.807) is 0 Å². The zero-order valence-corrected chi connectivity index (χ0v) is 14.4. The third-order valence-electron chi connectivity index (χ3n) is 2.63. The van der Waals surface area contributed by atoms with Crippen LogP contribution in [0.4, 0.5) is 0 Å². The monoisotopic (exact) mass is 377 g/mol. The molecule has 0 aromatic heterocycles. The Morgan fingerprint density at radius 3 is 2.00 bits per heavy atom. The average molecular weight is 377 g/mol. The van der Waals surface area contributed by atoms with Crippen LogP contribution in [0.1, 0.15) is 25.7 Å². The lowest BCUT2D eigenvalue weighted by Gasteiger charge is -2.22. The van der Waals surface area contributed by atoms with Gasteiger partial charge in [-0.2, -0.15) is 0 Å².